The molecule has 0 fully saturated rings. The number of nitrogens with zero attached hydrogens (tertiary/aromatic N) is 2. The summed E-state index contributed by atoms with van der Waals surface area (Å²) in [6.07, 6.45) is -12.5. The lowest BCUT2D eigenvalue weighted by Crippen LogP contribution is -2.50. The number of alkyl halides is 7. The zero-order chi connectivity index (χ0) is 29.8. The minimum atomic E-state index is -4.81. The second-order valence-corrected chi connectivity index (χ2v) is 9.83. The normalized spacial score (nSPS) is 13.5. The molecular weight excluding hydrogens is 601 g/mol. The number of nitrogens with one attached hydrogen (secondary N) is 2. The van der Waals surface area contributed by atoms with Gasteiger partial charge in [0.05, 0.1) is 10.7 Å². The minimum absolute atomic E-state index is 0.0732. The zero-order valence-corrected chi connectivity index (χ0v) is 22.0. The van der Waals surface area contributed by atoms with Gasteiger partial charge in [-0.25, -0.2) is 9.78 Å². The van der Waals surface area contributed by atoms with Crippen molar-refractivity contribution in [3.63, 3.8) is 0 Å². The van der Waals surface area contributed by atoms with E-state index in [2.05, 4.69) is 25.3 Å². The number of carbonyl (C=O) groups excluding carboxylic acids is 1. The monoisotopic (exact) mass is 618 g/mol. The van der Waals surface area contributed by atoms with Crippen molar-refractivity contribution in [3.05, 3.63) is 106 Å². The lowest BCUT2D eigenvalue weighted by Gasteiger charge is -2.35. The fraction of sp³-hybridized carbons (Fsp3) is 0.192. The van der Waals surface area contributed by atoms with Gasteiger partial charge in [0.15, 0.2) is 10.8 Å². The van der Waals surface area contributed by atoms with E-state index in [-0.39, 0.29) is 27.8 Å². The van der Waals surface area contributed by atoms with Crippen LogP contribution in [0.4, 0.5) is 40.7 Å². The van der Waals surface area contributed by atoms with Crippen molar-refractivity contribution in [2.24, 2.45) is 0 Å². The smallest absolute Gasteiger partial charge is 0.428 e. The van der Waals surface area contributed by atoms with Crippen LogP contribution in [0.5, 0.6) is 5.75 Å². The van der Waals surface area contributed by atoms with Crippen LogP contribution in [-0.4, -0.2) is 28.5 Å². The van der Waals surface area contributed by atoms with E-state index in [4.69, 9.17) is 11.6 Å². The molecule has 216 valence electrons. The van der Waals surface area contributed by atoms with E-state index in [1.54, 1.807) is 30.3 Å². The molecule has 0 aliphatic carbocycles. The highest BCUT2D eigenvalue weighted by molar-refractivity contribution is 7.13. The third-order valence-electron chi connectivity index (χ3n) is 5.65. The third-order valence-corrected chi connectivity index (χ3v) is 6.63. The number of amides is 2. The molecule has 2 aromatic carbocycles. The van der Waals surface area contributed by atoms with Crippen LogP contribution in [0.25, 0.3) is 0 Å². The molecule has 0 aliphatic heterocycles. The molecule has 4 aromatic rings. The maximum Gasteiger partial charge on any atom is 0.461 e. The molecule has 0 saturated carbocycles. The highest BCUT2D eigenvalue weighted by Crippen LogP contribution is 2.37. The molecule has 6 nitrogen and oxygen atoms in total. The predicted octanol–water partition coefficient (Wildman–Crippen LogP) is 7.76. The molecule has 0 bridgehead atoms. The number of hydrogen-bond donors (Lipinski definition) is 2. The highest BCUT2D eigenvalue weighted by Gasteiger charge is 2.45. The predicted molar refractivity (Wildman–Crippen MR) is 137 cm³/mol. The minimum Gasteiger partial charge on any atom is -0.428 e. The Morgan fingerprint density at radius 3 is 2.32 bits per heavy atom. The average molecular weight is 619 g/mol. The van der Waals surface area contributed by atoms with Gasteiger partial charge in [-0.1, -0.05) is 54.1 Å². The van der Waals surface area contributed by atoms with Crippen molar-refractivity contribution in [1.82, 2.24) is 15.3 Å². The summed E-state index contributed by atoms with van der Waals surface area (Å²) >= 11 is 6.54. The summed E-state index contributed by atoms with van der Waals surface area (Å²) in [6, 6.07) is 15.1. The van der Waals surface area contributed by atoms with E-state index in [0.29, 0.717) is 16.9 Å². The van der Waals surface area contributed by atoms with Gasteiger partial charge in [0.25, 0.3) is 0 Å². The van der Waals surface area contributed by atoms with Crippen LogP contribution in [-0.2, 0) is 18.1 Å². The SMILES string of the molecule is O=C(Nc1nc(C(F)(F)F)cs1)N[C@@](Cc1ccccc1)(c1cccc(OC(F)(F)C(F)F)c1)c1ccc(Cl)cn1. The van der Waals surface area contributed by atoms with Crippen LogP contribution >= 0.6 is 22.9 Å². The first kappa shape index (κ1) is 30.1. The third kappa shape index (κ3) is 7.24. The van der Waals surface area contributed by atoms with Crippen molar-refractivity contribution in [1.29, 1.82) is 0 Å². The van der Waals surface area contributed by atoms with E-state index in [0.717, 1.165) is 17.5 Å². The van der Waals surface area contributed by atoms with Gasteiger partial charge in [0.1, 0.15) is 11.3 Å². The van der Waals surface area contributed by atoms with Crippen molar-refractivity contribution < 1.29 is 40.3 Å². The molecule has 0 unspecified atom stereocenters. The fourth-order valence-electron chi connectivity index (χ4n) is 3.86. The van der Waals surface area contributed by atoms with Gasteiger partial charge in [0.2, 0.25) is 0 Å². The number of aromatic nitrogens is 2. The summed E-state index contributed by atoms with van der Waals surface area (Å²) < 4.78 is 96.5. The number of pyridine rings is 1. The Kier molecular flexibility index (Phi) is 8.73. The quantitative estimate of drug-likeness (QED) is 0.188. The van der Waals surface area contributed by atoms with E-state index in [1.807, 2.05) is 0 Å². The molecule has 0 aliphatic rings. The van der Waals surface area contributed by atoms with Crippen LogP contribution in [0.2, 0.25) is 5.02 Å². The Labute approximate surface area is 237 Å². The molecule has 41 heavy (non-hydrogen) atoms. The molecule has 2 amide bonds. The fourth-order valence-corrected chi connectivity index (χ4v) is 4.69. The molecule has 2 heterocycles. The van der Waals surface area contributed by atoms with Crippen molar-refractivity contribution in [2.75, 3.05) is 5.32 Å². The van der Waals surface area contributed by atoms with Gasteiger partial charge in [-0.2, -0.15) is 30.7 Å². The van der Waals surface area contributed by atoms with Gasteiger partial charge >= 0.3 is 24.7 Å². The molecule has 0 radical (unpaired) electrons. The van der Waals surface area contributed by atoms with Gasteiger partial charge in [0, 0.05) is 18.0 Å². The van der Waals surface area contributed by atoms with Crippen LogP contribution in [0, 0.1) is 0 Å². The van der Waals surface area contributed by atoms with Crippen LogP contribution < -0.4 is 15.4 Å². The second kappa shape index (κ2) is 11.9. The molecule has 4 rings (SSSR count). The summed E-state index contributed by atoms with van der Waals surface area (Å²) in [5.74, 6) is -0.642. The molecular formula is C26H18ClF7N4O2S. The standard InChI is InChI=1S/C26H18ClF7N4O2S/c27-17-9-10-19(35-13-17)24(12-15-5-2-1-3-6-15,16-7-4-8-18(11-16)40-26(33,34)21(28)29)38-22(39)37-23-36-20(14-41-23)25(30,31)32/h1-11,13-14,21H,12H2,(H2,36,37,38,39)/t24-/m0/s1. The van der Waals surface area contributed by atoms with Crippen molar-refractivity contribution in [3.8, 4) is 5.75 Å². The number of ether oxygens (including phenoxy) is 1. The van der Waals surface area contributed by atoms with Gasteiger partial charge in [-0.3, -0.25) is 10.3 Å². The molecule has 2 aromatic heterocycles. The summed E-state index contributed by atoms with van der Waals surface area (Å²) in [6.45, 7) is 0. The van der Waals surface area contributed by atoms with Gasteiger partial charge < -0.3 is 10.1 Å². The number of thiazole rings is 1. The number of benzene rings is 2. The van der Waals surface area contributed by atoms with Gasteiger partial charge in [-0.05, 0) is 35.4 Å². The first-order valence-electron chi connectivity index (χ1n) is 11.5. The van der Waals surface area contributed by atoms with Crippen molar-refractivity contribution >= 4 is 34.1 Å². The topological polar surface area (TPSA) is 76.1 Å². The van der Waals surface area contributed by atoms with Crippen LogP contribution in [0.15, 0.2) is 78.3 Å². The Morgan fingerprint density at radius 2 is 1.71 bits per heavy atom. The molecule has 15 heteroatoms. The summed E-state index contributed by atoms with van der Waals surface area (Å²) in [5.41, 5.74) is -2.10. The highest BCUT2D eigenvalue weighted by atomic mass is 35.5. The molecule has 0 saturated heterocycles. The molecule has 0 spiro atoms. The maximum absolute atomic E-state index is 13.7. The summed E-state index contributed by atoms with van der Waals surface area (Å²) in [7, 11) is 0. The first-order valence-corrected chi connectivity index (χ1v) is 12.8. The number of anilines is 1. The Hall–Kier alpha value is -3.91. The Morgan fingerprint density at radius 1 is 0.976 bits per heavy atom. The second-order valence-electron chi connectivity index (χ2n) is 8.54. The largest absolute Gasteiger partial charge is 0.461 e. The number of rotatable bonds is 9. The Bertz CT molecular complexity index is 1490. The number of urea groups is 1. The van der Waals surface area contributed by atoms with Crippen LogP contribution in [0.1, 0.15) is 22.5 Å². The summed E-state index contributed by atoms with van der Waals surface area (Å²) in [4.78, 5) is 20.9. The lowest BCUT2D eigenvalue weighted by atomic mass is 9.80. The zero-order valence-electron chi connectivity index (χ0n) is 20.4. The van der Waals surface area contributed by atoms with E-state index in [9.17, 15) is 35.5 Å². The van der Waals surface area contributed by atoms with Crippen molar-refractivity contribution in [2.45, 2.75) is 30.7 Å². The Balaban J connectivity index is 1.82. The molecule has 2 N–H and O–H groups in total. The van der Waals surface area contributed by atoms with Crippen LogP contribution in [0.3, 0.4) is 0 Å². The van der Waals surface area contributed by atoms with E-state index >= 15 is 0 Å². The lowest BCUT2D eigenvalue weighted by molar-refractivity contribution is -0.253. The number of carbonyl (C=O) groups is 1. The van der Waals surface area contributed by atoms with Gasteiger partial charge in [-0.15, -0.1) is 11.3 Å². The number of halogens is 8. The summed E-state index contributed by atoms with van der Waals surface area (Å²) in [5, 5.41) is 5.50. The first-order chi connectivity index (χ1) is 19.3. The maximum atomic E-state index is 13.7. The van der Waals surface area contributed by atoms with E-state index < -0.39 is 41.7 Å². The van der Waals surface area contributed by atoms with E-state index in [1.165, 1.54) is 30.5 Å². The molecule has 1 atom stereocenters. The average Bonchev–Trinajstić information content (AvgIpc) is 3.38. The number of hydrogen-bond acceptors (Lipinski definition) is 5.